The number of rotatable bonds is 3. The Labute approximate surface area is 127 Å². The first kappa shape index (κ1) is 16.3. The van der Waals surface area contributed by atoms with Crippen LogP contribution in [0.4, 0.5) is 0 Å². The fourth-order valence-corrected chi connectivity index (χ4v) is 4.44. The second kappa shape index (κ2) is 7.29. The van der Waals surface area contributed by atoms with Gasteiger partial charge in [-0.2, -0.15) is 0 Å². The quantitative estimate of drug-likeness (QED) is 0.682. The van der Waals surface area contributed by atoms with Crippen LogP contribution < -0.4 is 5.32 Å². The van der Waals surface area contributed by atoms with Gasteiger partial charge in [0.2, 0.25) is 0 Å². The first-order valence-electron chi connectivity index (χ1n) is 9.21. The Hall–Kier alpha value is -0.0400. The molecule has 0 bridgehead atoms. The van der Waals surface area contributed by atoms with E-state index in [9.17, 15) is 0 Å². The lowest BCUT2D eigenvalue weighted by Gasteiger charge is -2.38. The summed E-state index contributed by atoms with van der Waals surface area (Å²) in [5.41, 5.74) is 0.276. The lowest BCUT2D eigenvalue weighted by molar-refractivity contribution is 0.141. The normalized spacial score (nSPS) is 36.6. The Morgan fingerprint density at radius 1 is 0.850 bits per heavy atom. The molecule has 1 N–H and O–H groups in total. The first-order chi connectivity index (χ1) is 9.46. The van der Waals surface area contributed by atoms with Crippen molar-refractivity contribution in [3.63, 3.8) is 0 Å². The molecule has 2 saturated carbocycles. The third kappa shape index (κ3) is 5.06. The number of nitrogens with one attached hydrogen (secondary N) is 1. The minimum absolute atomic E-state index is 0.276. The van der Waals surface area contributed by atoms with Gasteiger partial charge in [0.25, 0.3) is 0 Å². The maximum absolute atomic E-state index is 3.80. The van der Waals surface area contributed by atoms with E-state index in [1.165, 1.54) is 64.3 Å². The van der Waals surface area contributed by atoms with E-state index >= 15 is 0 Å². The van der Waals surface area contributed by atoms with Gasteiger partial charge in [0, 0.05) is 5.54 Å². The molecular formula is C19H37N. The van der Waals surface area contributed by atoms with Crippen LogP contribution in [0.3, 0.4) is 0 Å². The Kier molecular flexibility index (Phi) is 5.95. The predicted molar refractivity (Wildman–Crippen MR) is 88.9 cm³/mol. The van der Waals surface area contributed by atoms with Crippen molar-refractivity contribution in [1.82, 2.24) is 5.32 Å². The van der Waals surface area contributed by atoms with Crippen LogP contribution in [0, 0.1) is 23.7 Å². The average Bonchev–Trinajstić information content (AvgIpc) is 2.62. The maximum Gasteiger partial charge on any atom is 0.00966 e. The van der Waals surface area contributed by atoms with E-state index in [2.05, 4.69) is 33.0 Å². The highest BCUT2D eigenvalue weighted by Crippen LogP contribution is 2.41. The lowest BCUT2D eigenvalue weighted by atomic mass is 9.70. The molecule has 0 aromatic heterocycles. The van der Waals surface area contributed by atoms with Crippen LogP contribution in [-0.4, -0.2) is 12.1 Å². The molecule has 118 valence electrons. The highest BCUT2D eigenvalue weighted by molar-refractivity contribution is 4.85. The van der Waals surface area contributed by atoms with Crippen molar-refractivity contribution in [3.05, 3.63) is 0 Å². The molecule has 2 atom stereocenters. The van der Waals surface area contributed by atoms with Gasteiger partial charge in [0.05, 0.1) is 0 Å². The lowest BCUT2D eigenvalue weighted by Crippen LogP contribution is -2.42. The summed E-state index contributed by atoms with van der Waals surface area (Å²) in [6.45, 7) is 10.6. The Morgan fingerprint density at radius 2 is 1.50 bits per heavy atom. The summed E-state index contributed by atoms with van der Waals surface area (Å²) in [6, 6.07) is 0. The van der Waals surface area contributed by atoms with Crippen molar-refractivity contribution in [3.8, 4) is 0 Å². The molecule has 2 rings (SSSR count). The second-order valence-electron chi connectivity index (χ2n) is 8.71. The average molecular weight is 280 g/mol. The summed E-state index contributed by atoms with van der Waals surface area (Å²) in [4.78, 5) is 0. The van der Waals surface area contributed by atoms with Crippen LogP contribution in [0.1, 0.15) is 85.5 Å². The Morgan fingerprint density at radius 3 is 2.15 bits per heavy atom. The molecule has 0 aromatic rings. The molecule has 0 spiro atoms. The predicted octanol–water partition coefficient (Wildman–Crippen LogP) is 5.40. The van der Waals surface area contributed by atoms with Crippen LogP contribution >= 0.6 is 0 Å². The third-order valence-corrected chi connectivity index (χ3v) is 5.78. The molecule has 0 aromatic carbocycles. The van der Waals surface area contributed by atoms with Crippen molar-refractivity contribution in [2.75, 3.05) is 6.54 Å². The largest absolute Gasteiger partial charge is 0.312 e. The van der Waals surface area contributed by atoms with Crippen LogP contribution in [0.2, 0.25) is 0 Å². The van der Waals surface area contributed by atoms with E-state index in [4.69, 9.17) is 0 Å². The molecule has 2 aliphatic rings. The molecule has 1 heteroatoms. The van der Waals surface area contributed by atoms with Crippen molar-refractivity contribution in [2.45, 2.75) is 91.0 Å². The zero-order valence-corrected chi connectivity index (χ0v) is 14.4. The molecule has 0 radical (unpaired) electrons. The first-order valence-corrected chi connectivity index (χ1v) is 9.21. The van der Waals surface area contributed by atoms with E-state index < -0.39 is 0 Å². The van der Waals surface area contributed by atoms with E-state index in [1.807, 2.05) is 0 Å². The summed E-state index contributed by atoms with van der Waals surface area (Å²) in [5, 5.41) is 3.80. The Balaban J connectivity index is 1.94. The third-order valence-electron chi connectivity index (χ3n) is 5.78. The molecule has 2 unspecified atom stereocenters. The Bertz CT molecular complexity index is 270. The summed E-state index contributed by atoms with van der Waals surface area (Å²) in [6.07, 6.45) is 13.4. The number of hydrogen-bond acceptors (Lipinski definition) is 1. The summed E-state index contributed by atoms with van der Waals surface area (Å²) < 4.78 is 0. The van der Waals surface area contributed by atoms with E-state index in [0.717, 1.165) is 23.7 Å². The van der Waals surface area contributed by atoms with Crippen LogP contribution in [0.15, 0.2) is 0 Å². The number of hydrogen-bond donors (Lipinski definition) is 1. The highest BCUT2D eigenvalue weighted by atomic mass is 14.9. The fourth-order valence-electron chi connectivity index (χ4n) is 4.44. The molecule has 20 heavy (non-hydrogen) atoms. The van der Waals surface area contributed by atoms with Crippen molar-refractivity contribution in [2.24, 2.45) is 23.7 Å². The second-order valence-corrected chi connectivity index (χ2v) is 8.71. The van der Waals surface area contributed by atoms with Crippen LogP contribution in [0.25, 0.3) is 0 Å². The molecule has 2 fully saturated rings. The standard InChI is InChI=1S/C19H37N/c1-15-10-12-16(13-11-15)18-9-7-5-6-8-17(18)14-20-19(2,3)4/h15-18,20H,5-14H2,1-4H3. The van der Waals surface area contributed by atoms with Gasteiger partial charge < -0.3 is 5.32 Å². The zero-order chi connectivity index (χ0) is 14.6. The van der Waals surface area contributed by atoms with Gasteiger partial charge in [-0.05, 0) is 76.7 Å². The minimum Gasteiger partial charge on any atom is -0.312 e. The minimum atomic E-state index is 0.276. The van der Waals surface area contributed by atoms with Crippen molar-refractivity contribution < 1.29 is 0 Å². The summed E-state index contributed by atoms with van der Waals surface area (Å²) >= 11 is 0. The molecule has 1 nitrogen and oxygen atoms in total. The zero-order valence-electron chi connectivity index (χ0n) is 14.4. The maximum atomic E-state index is 3.80. The molecule has 0 amide bonds. The van der Waals surface area contributed by atoms with E-state index in [-0.39, 0.29) is 5.54 Å². The summed E-state index contributed by atoms with van der Waals surface area (Å²) in [5.74, 6) is 3.98. The van der Waals surface area contributed by atoms with E-state index in [0.29, 0.717) is 0 Å². The molecule has 0 heterocycles. The van der Waals surface area contributed by atoms with Gasteiger partial charge >= 0.3 is 0 Å². The van der Waals surface area contributed by atoms with Crippen molar-refractivity contribution >= 4 is 0 Å². The smallest absolute Gasteiger partial charge is 0.00966 e. The van der Waals surface area contributed by atoms with Gasteiger partial charge in [0.15, 0.2) is 0 Å². The van der Waals surface area contributed by atoms with Gasteiger partial charge in [-0.15, -0.1) is 0 Å². The fraction of sp³-hybridized carbons (Fsp3) is 1.00. The van der Waals surface area contributed by atoms with Gasteiger partial charge in [-0.3, -0.25) is 0 Å². The molecule has 0 saturated heterocycles. The van der Waals surface area contributed by atoms with Gasteiger partial charge in [-0.25, -0.2) is 0 Å². The van der Waals surface area contributed by atoms with Gasteiger partial charge in [0.1, 0.15) is 0 Å². The molecule has 2 aliphatic carbocycles. The van der Waals surface area contributed by atoms with Crippen molar-refractivity contribution in [1.29, 1.82) is 0 Å². The summed E-state index contributed by atoms with van der Waals surface area (Å²) in [7, 11) is 0. The SMILES string of the molecule is CC1CCC(C2CCCCCC2CNC(C)(C)C)CC1. The van der Waals surface area contributed by atoms with Crippen LogP contribution in [0.5, 0.6) is 0 Å². The van der Waals surface area contributed by atoms with E-state index in [1.54, 1.807) is 0 Å². The molecular weight excluding hydrogens is 242 g/mol. The molecule has 0 aliphatic heterocycles. The monoisotopic (exact) mass is 279 g/mol. The topological polar surface area (TPSA) is 12.0 Å². The van der Waals surface area contributed by atoms with Crippen LogP contribution in [-0.2, 0) is 0 Å². The highest BCUT2D eigenvalue weighted by Gasteiger charge is 2.32. The van der Waals surface area contributed by atoms with Gasteiger partial charge in [-0.1, -0.05) is 39.0 Å².